The van der Waals surface area contributed by atoms with E-state index in [0.29, 0.717) is 12.0 Å². The summed E-state index contributed by atoms with van der Waals surface area (Å²) in [6.07, 6.45) is 3.04. The minimum absolute atomic E-state index is 0.186. The van der Waals surface area contributed by atoms with Crippen molar-refractivity contribution < 1.29 is 14.4 Å². The Bertz CT molecular complexity index is 2080. The maximum absolute atomic E-state index is 13.5. The summed E-state index contributed by atoms with van der Waals surface area (Å²) in [6.45, 7) is 8.82. The predicted octanol–water partition coefficient (Wildman–Crippen LogP) is 4.75. The summed E-state index contributed by atoms with van der Waals surface area (Å²) in [4.78, 5) is 49.3. The van der Waals surface area contributed by atoms with E-state index in [2.05, 4.69) is 81.6 Å². The Balaban J connectivity index is 0.918. The highest BCUT2D eigenvalue weighted by Crippen LogP contribution is 2.41. The molecule has 2 saturated heterocycles. The number of nitrogens with one attached hydrogen (secondary N) is 1. The van der Waals surface area contributed by atoms with Gasteiger partial charge in [-0.25, -0.2) is 4.98 Å². The Labute approximate surface area is 284 Å². The van der Waals surface area contributed by atoms with Crippen LogP contribution < -0.4 is 15.1 Å². The van der Waals surface area contributed by atoms with Gasteiger partial charge >= 0.3 is 0 Å². The van der Waals surface area contributed by atoms with Crippen molar-refractivity contribution in [2.75, 3.05) is 36.0 Å². The molecule has 0 spiro atoms. The molecule has 0 radical (unpaired) electrons. The number of amides is 3. The molecule has 2 fully saturated rings. The standard InChI is InChI=1S/C38H38N8O3/c1-24(2)45-23-39-42-36(45)30-7-4-8-33(40-30)44-19-17-43(18-20-44)22-26-11-9-25(10-12-26)21-27-13-14-31-35-28(27)5-3-6-29(35)38(49)46(31)32-15-16-34(47)41-37(32)48/h3-14,23-24,32H,15-22H2,1-2H3,(H,41,47,48). The molecular formula is C38H38N8O3. The fourth-order valence-electron chi connectivity index (χ4n) is 7.36. The zero-order valence-electron chi connectivity index (χ0n) is 27.7. The number of anilines is 2. The van der Waals surface area contributed by atoms with Crippen molar-refractivity contribution in [3.05, 3.63) is 101 Å². The molecule has 11 nitrogen and oxygen atoms in total. The number of aromatic nitrogens is 4. The van der Waals surface area contributed by atoms with E-state index >= 15 is 0 Å². The highest BCUT2D eigenvalue weighted by Gasteiger charge is 2.40. The van der Waals surface area contributed by atoms with Gasteiger partial charge in [0.25, 0.3) is 5.91 Å². The van der Waals surface area contributed by atoms with E-state index in [4.69, 9.17) is 4.98 Å². The van der Waals surface area contributed by atoms with Crippen molar-refractivity contribution in [1.82, 2.24) is 30.0 Å². The first-order chi connectivity index (χ1) is 23.8. The van der Waals surface area contributed by atoms with E-state index in [9.17, 15) is 14.4 Å². The number of carbonyl (C=O) groups excluding carboxylic acids is 3. The lowest BCUT2D eigenvalue weighted by Gasteiger charge is -2.35. The number of hydrogen-bond acceptors (Lipinski definition) is 8. The molecule has 49 heavy (non-hydrogen) atoms. The molecule has 8 rings (SSSR count). The zero-order valence-corrected chi connectivity index (χ0v) is 27.7. The number of rotatable bonds is 8. The van der Waals surface area contributed by atoms with E-state index in [0.717, 1.165) is 78.5 Å². The Morgan fingerprint density at radius 3 is 2.43 bits per heavy atom. The van der Waals surface area contributed by atoms with Gasteiger partial charge in [-0.2, -0.15) is 0 Å². The summed E-state index contributed by atoms with van der Waals surface area (Å²) < 4.78 is 2.04. The van der Waals surface area contributed by atoms with Gasteiger partial charge in [0.05, 0.1) is 5.69 Å². The number of benzene rings is 3. The van der Waals surface area contributed by atoms with Gasteiger partial charge in [0, 0.05) is 56.1 Å². The van der Waals surface area contributed by atoms with E-state index in [1.165, 1.54) is 11.1 Å². The SMILES string of the molecule is CC(C)n1cnnc1-c1cccc(N2CCN(Cc3ccc(Cc4ccc5c6c(cccc46)C(=O)N5C4CCC(=O)NC4=O)cc3)CC2)n1. The Morgan fingerprint density at radius 1 is 0.878 bits per heavy atom. The van der Waals surface area contributed by atoms with Crippen molar-refractivity contribution >= 4 is 40.0 Å². The lowest BCUT2D eigenvalue weighted by molar-refractivity contribution is -0.134. The van der Waals surface area contributed by atoms with Crippen LogP contribution in [0, 0.1) is 0 Å². The maximum Gasteiger partial charge on any atom is 0.259 e. The molecule has 0 bridgehead atoms. The van der Waals surface area contributed by atoms with E-state index in [1.807, 2.05) is 34.9 Å². The van der Waals surface area contributed by atoms with Crippen molar-refractivity contribution in [3.8, 4) is 11.5 Å². The highest BCUT2D eigenvalue weighted by atomic mass is 16.2. The smallest absolute Gasteiger partial charge is 0.259 e. The molecule has 1 unspecified atom stereocenters. The average Bonchev–Trinajstić information content (AvgIpc) is 3.72. The van der Waals surface area contributed by atoms with Crippen LogP contribution in [0.15, 0.2) is 79.1 Å². The van der Waals surface area contributed by atoms with Crippen LogP contribution >= 0.6 is 0 Å². The van der Waals surface area contributed by atoms with Gasteiger partial charge in [0.15, 0.2) is 5.82 Å². The van der Waals surface area contributed by atoms with Gasteiger partial charge in [-0.15, -0.1) is 10.2 Å². The van der Waals surface area contributed by atoms with Gasteiger partial charge in [-0.05, 0) is 73.0 Å². The quantitative estimate of drug-likeness (QED) is 0.239. The molecule has 11 heteroatoms. The number of piperazine rings is 1. The summed E-state index contributed by atoms with van der Waals surface area (Å²) in [5.41, 5.74) is 5.78. The molecule has 5 aromatic rings. The van der Waals surface area contributed by atoms with E-state index < -0.39 is 11.9 Å². The fraction of sp³-hybridized carbons (Fsp3) is 0.316. The maximum atomic E-state index is 13.5. The van der Waals surface area contributed by atoms with Gasteiger partial charge in [0.2, 0.25) is 11.8 Å². The lowest BCUT2D eigenvalue weighted by Crippen LogP contribution is -2.53. The van der Waals surface area contributed by atoms with E-state index in [-0.39, 0.29) is 24.3 Å². The van der Waals surface area contributed by atoms with Gasteiger partial charge in [0.1, 0.15) is 23.9 Å². The first-order valence-electron chi connectivity index (χ1n) is 17.0. The van der Waals surface area contributed by atoms with Crippen molar-refractivity contribution in [2.24, 2.45) is 0 Å². The molecule has 5 heterocycles. The summed E-state index contributed by atoms with van der Waals surface area (Å²) in [5, 5.41) is 12.7. The number of imide groups is 1. The monoisotopic (exact) mass is 654 g/mol. The third-order valence-corrected chi connectivity index (χ3v) is 9.95. The minimum Gasteiger partial charge on any atom is -0.354 e. The molecule has 0 saturated carbocycles. The van der Waals surface area contributed by atoms with Crippen LogP contribution in [0.4, 0.5) is 11.5 Å². The Kier molecular flexibility index (Phi) is 7.91. The molecule has 248 valence electrons. The van der Waals surface area contributed by atoms with Crippen LogP contribution in [0.1, 0.15) is 59.8 Å². The second kappa shape index (κ2) is 12.6. The Morgan fingerprint density at radius 2 is 1.65 bits per heavy atom. The topological polar surface area (TPSA) is 117 Å². The fourth-order valence-corrected chi connectivity index (χ4v) is 7.36. The minimum atomic E-state index is -0.686. The van der Waals surface area contributed by atoms with E-state index in [1.54, 1.807) is 11.2 Å². The van der Waals surface area contributed by atoms with Crippen molar-refractivity contribution in [3.63, 3.8) is 0 Å². The number of piperidine rings is 1. The van der Waals surface area contributed by atoms with Crippen LogP contribution in [0.5, 0.6) is 0 Å². The molecular weight excluding hydrogens is 616 g/mol. The predicted molar refractivity (Wildman–Crippen MR) is 187 cm³/mol. The highest BCUT2D eigenvalue weighted by molar-refractivity contribution is 6.27. The number of pyridine rings is 1. The average molecular weight is 655 g/mol. The zero-order chi connectivity index (χ0) is 33.6. The summed E-state index contributed by atoms with van der Waals surface area (Å²) in [7, 11) is 0. The molecule has 3 aliphatic heterocycles. The van der Waals surface area contributed by atoms with Crippen LogP contribution in [-0.2, 0) is 22.6 Å². The van der Waals surface area contributed by atoms with Crippen molar-refractivity contribution in [2.45, 2.75) is 51.7 Å². The first-order valence-corrected chi connectivity index (χ1v) is 17.0. The van der Waals surface area contributed by atoms with Gasteiger partial charge in [-0.3, -0.25) is 29.5 Å². The third kappa shape index (κ3) is 5.73. The van der Waals surface area contributed by atoms with Crippen molar-refractivity contribution in [1.29, 1.82) is 0 Å². The van der Waals surface area contributed by atoms with Gasteiger partial charge < -0.3 is 9.47 Å². The molecule has 3 amide bonds. The van der Waals surface area contributed by atoms with Crippen LogP contribution in [0.25, 0.3) is 22.3 Å². The molecule has 1 N–H and O–H groups in total. The molecule has 1 atom stereocenters. The van der Waals surface area contributed by atoms with Crippen LogP contribution in [0.2, 0.25) is 0 Å². The Hall–Kier alpha value is -5.42. The van der Waals surface area contributed by atoms with Crippen LogP contribution in [0.3, 0.4) is 0 Å². The summed E-state index contributed by atoms with van der Waals surface area (Å²) >= 11 is 0. The summed E-state index contributed by atoms with van der Waals surface area (Å²) in [6, 6.07) is 24.3. The molecule has 2 aromatic heterocycles. The largest absolute Gasteiger partial charge is 0.354 e. The molecule has 3 aliphatic rings. The second-order valence-corrected chi connectivity index (χ2v) is 13.4. The lowest BCUT2D eigenvalue weighted by atomic mass is 9.95. The van der Waals surface area contributed by atoms with Gasteiger partial charge in [-0.1, -0.05) is 48.5 Å². The number of carbonyl (C=O) groups is 3. The number of hydrogen-bond donors (Lipinski definition) is 1. The number of nitrogens with zero attached hydrogens (tertiary/aromatic N) is 7. The normalized spacial score (nSPS) is 18.2. The summed E-state index contributed by atoms with van der Waals surface area (Å²) in [5.74, 6) is 0.867. The second-order valence-electron chi connectivity index (χ2n) is 13.4. The molecule has 0 aliphatic carbocycles. The molecule has 3 aromatic carbocycles. The third-order valence-electron chi connectivity index (χ3n) is 9.95. The van der Waals surface area contributed by atoms with Crippen LogP contribution in [-0.4, -0.2) is 74.6 Å². The first kappa shape index (κ1) is 30.9.